The highest BCUT2D eigenvalue weighted by Crippen LogP contribution is 2.49. The first kappa shape index (κ1) is 15.2. The van der Waals surface area contributed by atoms with Gasteiger partial charge in [-0.15, -0.1) is 0 Å². The maximum atomic E-state index is 13.9. The van der Waals surface area contributed by atoms with E-state index in [1.165, 1.54) is 0 Å². The molecule has 22 heavy (non-hydrogen) atoms. The minimum absolute atomic E-state index is 0.0356. The highest BCUT2D eigenvalue weighted by atomic mass is 19.3. The molecule has 1 amide bonds. The van der Waals surface area contributed by atoms with Crippen LogP contribution in [0, 0.1) is 0 Å². The number of aliphatic hydroxyl groups is 1. The monoisotopic (exact) mass is 311 g/mol. The van der Waals surface area contributed by atoms with Crippen LogP contribution in [0.1, 0.15) is 31.2 Å². The summed E-state index contributed by atoms with van der Waals surface area (Å²) in [6.07, 6.45) is -0.340. The highest BCUT2D eigenvalue weighted by Gasteiger charge is 2.65. The van der Waals surface area contributed by atoms with Gasteiger partial charge in [-0.25, -0.2) is 13.6 Å². The highest BCUT2D eigenvalue weighted by molar-refractivity contribution is 5.70. The van der Waals surface area contributed by atoms with Crippen molar-refractivity contribution in [2.45, 2.75) is 49.9 Å². The van der Waals surface area contributed by atoms with Crippen molar-refractivity contribution in [3.8, 4) is 0 Å². The molecule has 1 N–H and O–H groups in total. The lowest BCUT2D eigenvalue weighted by atomic mass is 9.90. The molecular weight excluding hydrogens is 292 g/mol. The van der Waals surface area contributed by atoms with Crippen LogP contribution in [0.2, 0.25) is 0 Å². The number of carbonyl (C=O) groups is 1. The van der Waals surface area contributed by atoms with E-state index < -0.39 is 30.2 Å². The number of likely N-dealkylation sites (tertiary alicyclic amines) is 1. The zero-order valence-electron chi connectivity index (χ0n) is 12.2. The Bertz CT molecular complexity index is 544. The Morgan fingerprint density at radius 1 is 1.27 bits per heavy atom. The van der Waals surface area contributed by atoms with Gasteiger partial charge in [-0.2, -0.15) is 0 Å². The Morgan fingerprint density at radius 2 is 1.91 bits per heavy atom. The van der Waals surface area contributed by atoms with Gasteiger partial charge >= 0.3 is 6.09 Å². The van der Waals surface area contributed by atoms with Gasteiger partial charge in [0.05, 0.1) is 12.1 Å². The van der Waals surface area contributed by atoms with Crippen molar-refractivity contribution >= 4 is 6.09 Å². The summed E-state index contributed by atoms with van der Waals surface area (Å²) in [5, 5.41) is 10.0. The van der Waals surface area contributed by atoms with Crippen LogP contribution in [0.4, 0.5) is 13.6 Å². The average molecular weight is 311 g/mol. The summed E-state index contributed by atoms with van der Waals surface area (Å²) in [6.45, 7) is -0.740. The molecule has 1 saturated carbocycles. The number of nitrogens with zero attached hydrogens (tertiary/aromatic N) is 1. The van der Waals surface area contributed by atoms with Crippen LogP contribution in [-0.2, 0) is 11.3 Å². The molecule has 1 aromatic carbocycles. The number of aliphatic hydroxyl groups excluding tert-OH is 1. The van der Waals surface area contributed by atoms with E-state index >= 15 is 0 Å². The Labute approximate surface area is 127 Å². The van der Waals surface area contributed by atoms with Crippen molar-refractivity contribution in [1.82, 2.24) is 4.90 Å². The summed E-state index contributed by atoms with van der Waals surface area (Å²) in [5.41, 5.74) is -0.375. The second-order valence-electron chi connectivity index (χ2n) is 6.10. The molecule has 1 aliphatic heterocycles. The van der Waals surface area contributed by atoms with Crippen molar-refractivity contribution in [1.29, 1.82) is 0 Å². The summed E-state index contributed by atoms with van der Waals surface area (Å²) >= 11 is 0. The van der Waals surface area contributed by atoms with Crippen molar-refractivity contribution in [3.63, 3.8) is 0 Å². The van der Waals surface area contributed by atoms with Gasteiger partial charge in [0.25, 0.3) is 5.92 Å². The molecule has 1 aliphatic carbocycles. The molecule has 1 unspecified atom stereocenters. The fraction of sp³-hybridized carbons (Fsp3) is 0.562. The fourth-order valence-corrected chi connectivity index (χ4v) is 3.57. The summed E-state index contributed by atoms with van der Waals surface area (Å²) in [4.78, 5) is 13.3. The maximum absolute atomic E-state index is 13.9. The number of halogens is 2. The number of hydrogen-bond acceptors (Lipinski definition) is 3. The van der Waals surface area contributed by atoms with E-state index in [2.05, 4.69) is 0 Å². The molecule has 1 spiro atoms. The van der Waals surface area contributed by atoms with Crippen LogP contribution in [-0.4, -0.2) is 40.2 Å². The van der Waals surface area contributed by atoms with E-state index in [0.717, 1.165) is 23.3 Å². The van der Waals surface area contributed by atoms with Gasteiger partial charge in [0.1, 0.15) is 12.7 Å². The minimum atomic E-state index is -3.28. The summed E-state index contributed by atoms with van der Waals surface area (Å²) in [6, 6.07) is 9.07. The molecule has 6 heteroatoms. The van der Waals surface area contributed by atoms with Gasteiger partial charge in [0.2, 0.25) is 0 Å². The molecule has 1 atom stereocenters. The Morgan fingerprint density at radius 3 is 2.55 bits per heavy atom. The molecule has 1 heterocycles. The van der Waals surface area contributed by atoms with Crippen molar-refractivity contribution in [3.05, 3.63) is 35.9 Å². The molecule has 3 rings (SSSR count). The topological polar surface area (TPSA) is 49.8 Å². The Balaban J connectivity index is 1.73. The SMILES string of the molecule is O=C(OCc1ccccc1)N1CC(F)(F)C(O)C12CCCC2. The van der Waals surface area contributed by atoms with Gasteiger partial charge in [-0.1, -0.05) is 43.2 Å². The van der Waals surface area contributed by atoms with Crippen LogP contribution in [0.5, 0.6) is 0 Å². The zero-order valence-corrected chi connectivity index (χ0v) is 12.2. The molecule has 120 valence electrons. The van der Waals surface area contributed by atoms with Crippen molar-refractivity contribution in [2.24, 2.45) is 0 Å². The third-order valence-corrected chi connectivity index (χ3v) is 4.71. The molecular formula is C16H19F2NO3. The van der Waals surface area contributed by atoms with Gasteiger partial charge in [-0.3, -0.25) is 4.90 Å². The molecule has 0 radical (unpaired) electrons. The smallest absolute Gasteiger partial charge is 0.410 e. The van der Waals surface area contributed by atoms with Crippen molar-refractivity contribution in [2.75, 3.05) is 6.54 Å². The Hall–Kier alpha value is -1.69. The van der Waals surface area contributed by atoms with E-state index in [1.807, 2.05) is 18.2 Å². The number of benzene rings is 1. The van der Waals surface area contributed by atoms with E-state index in [4.69, 9.17) is 4.74 Å². The lowest BCUT2D eigenvalue weighted by Gasteiger charge is -2.35. The van der Waals surface area contributed by atoms with Crippen LogP contribution in [0.3, 0.4) is 0 Å². The molecule has 1 saturated heterocycles. The Kier molecular flexibility index (Phi) is 3.80. The third-order valence-electron chi connectivity index (χ3n) is 4.71. The normalized spacial score (nSPS) is 25.6. The third kappa shape index (κ3) is 2.45. The second-order valence-corrected chi connectivity index (χ2v) is 6.10. The van der Waals surface area contributed by atoms with Gasteiger partial charge in [-0.05, 0) is 18.4 Å². The van der Waals surface area contributed by atoms with E-state index in [-0.39, 0.29) is 6.61 Å². The van der Waals surface area contributed by atoms with Gasteiger partial charge < -0.3 is 9.84 Å². The minimum Gasteiger partial charge on any atom is -0.445 e. The second kappa shape index (κ2) is 5.50. The molecule has 2 fully saturated rings. The number of hydrogen-bond donors (Lipinski definition) is 1. The summed E-state index contributed by atoms with van der Waals surface area (Å²) in [7, 11) is 0. The van der Waals surface area contributed by atoms with Crippen LogP contribution >= 0.6 is 0 Å². The average Bonchev–Trinajstić information content (AvgIpc) is 3.07. The number of rotatable bonds is 2. The fourth-order valence-electron chi connectivity index (χ4n) is 3.57. The summed E-state index contributed by atoms with van der Waals surface area (Å²) < 4.78 is 33.0. The van der Waals surface area contributed by atoms with Crippen LogP contribution in [0.25, 0.3) is 0 Å². The molecule has 0 bridgehead atoms. The van der Waals surface area contributed by atoms with E-state index in [1.54, 1.807) is 12.1 Å². The molecule has 2 aliphatic rings. The molecule has 0 aromatic heterocycles. The first-order valence-corrected chi connectivity index (χ1v) is 7.50. The van der Waals surface area contributed by atoms with Crippen LogP contribution in [0.15, 0.2) is 30.3 Å². The number of alkyl halides is 2. The quantitative estimate of drug-likeness (QED) is 0.913. The van der Waals surface area contributed by atoms with E-state index in [9.17, 15) is 18.7 Å². The number of amides is 1. The van der Waals surface area contributed by atoms with Crippen LogP contribution < -0.4 is 0 Å². The predicted octanol–water partition coefficient (Wildman–Crippen LogP) is 2.95. The van der Waals surface area contributed by atoms with Gasteiger partial charge in [0.15, 0.2) is 0 Å². The number of carbonyl (C=O) groups excluding carboxylic acids is 1. The first-order chi connectivity index (χ1) is 10.5. The molecule has 1 aromatic rings. The lowest BCUT2D eigenvalue weighted by molar-refractivity contribution is -0.0961. The predicted molar refractivity (Wildman–Crippen MR) is 75.5 cm³/mol. The zero-order chi connectivity index (χ0) is 15.8. The first-order valence-electron chi connectivity index (χ1n) is 7.50. The van der Waals surface area contributed by atoms with Crippen molar-refractivity contribution < 1.29 is 23.4 Å². The summed E-state index contributed by atoms with van der Waals surface area (Å²) in [5.74, 6) is -3.28. The largest absolute Gasteiger partial charge is 0.445 e. The standard InChI is InChI=1S/C16H19F2NO3/c17-16(18)11-19(15(13(16)20)8-4-5-9-15)14(21)22-10-12-6-2-1-3-7-12/h1-3,6-7,13,20H,4-5,8-11H2. The molecule has 4 nitrogen and oxygen atoms in total. The maximum Gasteiger partial charge on any atom is 0.410 e. The number of ether oxygens (including phenoxy) is 1. The lowest BCUT2D eigenvalue weighted by Crippen LogP contribution is -2.52. The van der Waals surface area contributed by atoms with Gasteiger partial charge in [0, 0.05) is 0 Å². The van der Waals surface area contributed by atoms with E-state index in [0.29, 0.717) is 12.8 Å².